The SMILES string of the molecule is CS(=O)(=O)C1CCCC(C(=O)C2CCCC(N)C2)C1. The largest absolute Gasteiger partial charge is 0.328 e. The highest BCUT2D eigenvalue weighted by atomic mass is 32.2. The van der Waals surface area contributed by atoms with Crippen molar-refractivity contribution in [1.82, 2.24) is 0 Å². The van der Waals surface area contributed by atoms with Crippen LogP contribution in [0.5, 0.6) is 0 Å². The van der Waals surface area contributed by atoms with Crippen molar-refractivity contribution in [3.8, 4) is 0 Å². The molecular formula is C14H25NO3S. The van der Waals surface area contributed by atoms with Crippen LogP contribution in [0.3, 0.4) is 0 Å². The Labute approximate surface area is 116 Å². The molecule has 2 saturated carbocycles. The predicted molar refractivity (Wildman–Crippen MR) is 75.5 cm³/mol. The van der Waals surface area contributed by atoms with Crippen LogP contribution in [0.2, 0.25) is 0 Å². The van der Waals surface area contributed by atoms with Crippen LogP contribution in [0, 0.1) is 11.8 Å². The lowest BCUT2D eigenvalue weighted by molar-refractivity contribution is -0.128. The van der Waals surface area contributed by atoms with Gasteiger partial charge in [0.25, 0.3) is 0 Å². The lowest BCUT2D eigenvalue weighted by Gasteiger charge is -2.32. The van der Waals surface area contributed by atoms with Gasteiger partial charge in [-0.15, -0.1) is 0 Å². The third kappa shape index (κ3) is 3.78. The monoisotopic (exact) mass is 287 g/mol. The topological polar surface area (TPSA) is 77.2 Å². The first-order valence-corrected chi connectivity index (χ1v) is 9.31. The average Bonchev–Trinajstić information content (AvgIpc) is 2.37. The zero-order chi connectivity index (χ0) is 14.0. The fourth-order valence-corrected chi connectivity index (χ4v) is 4.79. The van der Waals surface area contributed by atoms with Gasteiger partial charge in [0.05, 0.1) is 5.25 Å². The highest BCUT2D eigenvalue weighted by Crippen LogP contribution is 2.34. The second-order valence-electron chi connectivity index (χ2n) is 6.34. The summed E-state index contributed by atoms with van der Waals surface area (Å²) in [4.78, 5) is 12.5. The van der Waals surface area contributed by atoms with Crippen molar-refractivity contribution in [1.29, 1.82) is 0 Å². The summed E-state index contributed by atoms with van der Waals surface area (Å²) in [7, 11) is -3.01. The molecule has 0 bridgehead atoms. The molecule has 0 aromatic heterocycles. The molecule has 4 unspecified atom stereocenters. The molecule has 0 radical (unpaired) electrons. The first-order chi connectivity index (χ1) is 8.88. The normalized spacial score (nSPS) is 36.9. The Balaban J connectivity index is 1.99. The number of hydrogen-bond acceptors (Lipinski definition) is 4. The van der Waals surface area contributed by atoms with Gasteiger partial charge >= 0.3 is 0 Å². The van der Waals surface area contributed by atoms with Crippen LogP contribution in [0.15, 0.2) is 0 Å². The maximum absolute atomic E-state index is 12.5. The van der Waals surface area contributed by atoms with E-state index in [4.69, 9.17) is 5.73 Å². The maximum atomic E-state index is 12.5. The quantitative estimate of drug-likeness (QED) is 0.856. The van der Waals surface area contributed by atoms with Crippen LogP contribution in [-0.4, -0.2) is 31.7 Å². The molecule has 110 valence electrons. The van der Waals surface area contributed by atoms with Crippen LogP contribution < -0.4 is 5.73 Å². The third-order valence-electron chi connectivity index (χ3n) is 4.75. The van der Waals surface area contributed by atoms with Gasteiger partial charge < -0.3 is 5.73 Å². The van der Waals surface area contributed by atoms with Gasteiger partial charge in [-0.2, -0.15) is 0 Å². The fourth-order valence-electron chi connectivity index (χ4n) is 3.61. The van der Waals surface area contributed by atoms with E-state index in [2.05, 4.69) is 0 Å². The minimum absolute atomic E-state index is 0.0521. The first-order valence-electron chi connectivity index (χ1n) is 7.36. The van der Waals surface area contributed by atoms with Crippen LogP contribution in [0.25, 0.3) is 0 Å². The summed E-state index contributed by atoms with van der Waals surface area (Å²) in [5.74, 6) is 0.305. The molecule has 0 aliphatic heterocycles. The smallest absolute Gasteiger partial charge is 0.150 e. The molecule has 4 nitrogen and oxygen atoms in total. The van der Waals surface area contributed by atoms with E-state index < -0.39 is 9.84 Å². The Morgan fingerprint density at radius 1 is 1.00 bits per heavy atom. The Hall–Kier alpha value is -0.420. The molecule has 2 N–H and O–H groups in total. The van der Waals surface area contributed by atoms with Gasteiger partial charge in [0, 0.05) is 24.1 Å². The zero-order valence-electron chi connectivity index (χ0n) is 11.7. The van der Waals surface area contributed by atoms with E-state index in [0.717, 1.165) is 38.5 Å². The highest BCUT2D eigenvalue weighted by Gasteiger charge is 2.36. The molecule has 0 aromatic carbocycles. The lowest BCUT2D eigenvalue weighted by Crippen LogP contribution is -2.37. The van der Waals surface area contributed by atoms with Gasteiger partial charge in [0.2, 0.25) is 0 Å². The molecule has 4 atom stereocenters. The van der Waals surface area contributed by atoms with Crippen molar-refractivity contribution in [2.75, 3.05) is 6.26 Å². The summed E-state index contributed by atoms with van der Waals surface area (Å²) in [6.07, 6.45) is 8.02. The van der Waals surface area contributed by atoms with E-state index in [1.807, 2.05) is 0 Å². The summed E-state index contributed by atoms with van der Waals surface area (Å²) in [6, 6.07) is 0.150. The van der Waals surface area contributed by atoms with Crippen molar-refractivity contribution >= 4 is 15.6 Å². The Bertz CT molecular complexity index is 432. The molecule has 19 heavy (non-hydrogen) atoms. The summed E-state index contributed by atoms with van der Waals surface area (Å²) in [5.41, 5.74) is 5.94. The molecule has 2 aliphatic carbocycles. The fraction of sp³-hybridized carbons (Fsp3) is 0.929. The summed E-state index contributed by atoms with van der Waals surface area (Å²) in [6.45, 7) is 0. The van der Waals surface area contributed by atoms with Gasteiger partial charge in [-0.05, 0) is 38.5 Å². The summed E-state index contributed by atoms with van der Waals surface area (Å²) >= 11 is 0. The van der Waals surface area contributed by atoms with Crippen molar-refractivity contribution in [2.45, 2.75) is 62.7 Å². The Morgan fingerprint density at radius 2 is 1.58 bits per heavy atom. The molecule has 2 fully saturated rings. The van der Waals surface area contributed by atoms with Gasteiger partial charge in [-0.1, -0.05) is 12.8 Å². The van der Waals surface area contributed by atoms with Gasteiger partial charge in [-0.25, -0.2) is 8.42 Å². The second kappa shape index (κ2) is 5.92. The predicted octanol–water partition coefficient (Wildman–Crippen LogP) is 1.68. The van der Waals surface area contributed by atoms with Crippen LogP contribution in [0.4, 0.5) is 0 Å². The van der Waals surface area contributed by atoms with E-state index in [-0.39, 0.29) is 28.9 Å². The number of nitrogens with two attached hydrogens (primary N) is 1. The molecule has 0 amide bonds. The molecule has 0 heterocycles. The molecule has 0 aromatic rings. The number of Topliss-reactive ketones (excluding diaryl/α,β-unsaturated/α-hetero) is 1. The average molecular weight is 287 g/mol. The second-order valence-corrected chi connectivity index (χ2v) is 8.67. The number of carbonyl (C=O) groups excluding carboxylic acids is 1. The maximum Gasteiger partial charge on any atom is 0.150 e. The van der Waals surface area contributed by atoms with Gasteiger partial charge in [0.1, 0.15) is 15.6 Å². The number of carbonyl (C=O) groups is 1. The van der Waals surface area contributed by atoms with Crippen LogP contribution in [0.1, 0.15) is 51.4 Å². The van der Waals surface area contributed by atoms with Crippen molar-refractivity contribution < 1.29 is 13.2 Å². The standard InChI is InChI=1S/C14H25NO3S/c1-19(17,18)13-7-3-5-11(9-13)14(16)10-4-2-6-12(15)8-10/h10-13H,2-9,15H2,1H3. The van der Waals surface area contributed by atoms with E-state index in [1.165, 1.54) is 6.26 Å². The third-order valence-corrected chi connectivity index (χ3v) is 6.39. The van der Waals surface area contributed by atoms with E-state index in [9.17, 15) is 13.2 Å². The molecular weight excluding hydrogens is 262 g/mol. The molecule has 2 aliphatic rings. The minimum atomic E-state index is -3.01. The van der Waals surface area contributed by atoms with Crippen LogP contribution >= 0.6 is 0 Å². The highest BCUT2D eigenvalue weighted by molar-refractivity contribution is 7.91. The Kier molecular flexibility index (Phi) is 4.66. The summed E-state index contributed by atoms with van der Waals surface area (Å²) in [5, 5.41) is -0.313. The lowest BCUT2D eigenvalue weighted by atomic mass is 9.75. The zero-order valence-corrected chi connectivity index (χ0v) is 12.5. The van der Waals surface area contributed by atoms with Crippen molar-refractivity contribution in [3.05, 3.63) is 0 Å². The molecule has 0 spiro atoms. The molecule has 2 rings (SSSR count). The summed E-state index contributed by atoms with van der Waals surface area (Å²) < 4.78 is 23.3. The first kappa shape index (κ1) is 15.0. The minimum Gasteiger partial charge on any atom is -0.328 e. The van der Waals surface area contributed by atoms with Crippen LogP contribution in [-0.2, 0) is 14.6 Å². The van der Waals surface area contributed by atoms with E-state index in [0.29, 0.717) is 12.8 Å². The number of rotatable bonds is 3. The number of sulfone groups is 1. The number of hydrogen-bond donors (Lipinski definition) is 1. The van der Waals surface area contributed by atoms with E-state index >= 15 is 0 Å². The molecule has 5 heteroatoms. The van der Waals surface area contributed by atoms with Crippen molar-refractivity contribution in [2.24, 2.45) is 17.6 Å². The van der Waals surface area contributed by atoms with Gasteiger partial charge in [0.15, 0.2) is 0 Å². The van der Waals surface area contributed by atoms with E-state index in [1.54, 1.807) is 0 Å². The number of ketones is 1. The Morgan fingerprint density at radius 3 is 2.16 bits per heavy atom. The van der Waals surface area contributed by atoms with Gasteiger partial charge in [-0.3, -0.25) is 4.79 Å². The van der Waals surface area contributed by atoms with Crippen molar-refractivity contribution in [3.63, 3.8) is 0 Å². The molecule has 0 saturated heterocycles.